The second-order valence-electron chi connectivity index (χ2n) is 3.15. The van der Waals surface area contributed by atoms with Crippen molar-refractivity contribution in [2.45, 2.75) is 4.21 Å². The lowest BCUT2D eigenvalue weighted by atomic mass is 10.2. The lowest BCUT2D eigenvalue weighted by Gasteiger charge is -1.99. The standard InChI is InChI=1S/C10H8ClNO3S2/c1-15-9-4-2-7(6-12-9)8-3-5-10(16-8)17(11,13)14/h2-6H,1H3. The topological polar surface area (TPSA) is 56.3 Å². The zero-order valence-corrected chi connectivity index (χ0v) is 11.1. The van der Waals surface area contributed by atoms with Crippen LogP contribution in [0.1, 0.15) is 0 Å². The molecule has 0 radical (unpaired) electrons. The van der Waals surface area contributed by atoms with E-state index in [2.05, 4.69) is 4.98 Å². The molecule has 17 heavy (non-hydrogen) atoms. The van der Waals surface area contributed by atoms with Crippen molar-refractivity contribution in [1.82, 2.24) is 4.98 Å². The van der Waals surface area contributed by atoms with E-state index in [9.17, 15) is 8.42 Å². The third-order valence-electron chi connectivity index (χ3n) is 2.05. The van der Waals surface area contributed by atoms with Crippen molar-refractivity contribution in [2.24, 2.45) is 0 Å². The van der Waals surface area contributed by atoms with Gasteiger partial charge in [-0.3, -0.25) is 0 Å². The first-order chi connectivity index (χ1) is 8.00. The molecule has 0 saturated carbocycles. The third-order valence-corrected chi connectivity index (χ3v) is 5.28. The first-order valence-corrected chi connectivity index (χ1v) is 7.68. The van der Waals surface area contributed by atoms with Crippen LogP contribution in [-0.4, -0.2) is 20.5 Å². The summed E-state index contributed by atoms with van der Waals surface area (Å²) in [5, 5.41) is 0. The van der Waals surface area contributed by atoms with Crippen molar-refractivity contribution in [3.63, 3.8) is 0 Å². The van der Waals surface area contributed by atoms with Crippen molar-refractivity contribution in [3.05, 3.63) is 30.5 Å². The maximum atomic E-state index is 11.1. The molecule has 0 bridgehead atoms. The normalized spacial score (nSPS) is 11.4. The van der Waals surface area contributed by atoms with Gasteiger partial charge >= 0.3 is 0 Å². The number of hydrogen-bond donors (Lipinski definition) is 0. The van der Waals surface area contributed by atoms with Gasteiger partial charge in [-0.15, -0.1) is 11.3 Å². The second kappa shape index (κ2) is 4.64. The van der Waals surface area contributed by atoms with Crippen LogP contribution in [0.2, 0.25) is 0 Å². The largest absolute Gasteiger partial charge is 0.481 e. The van der Waals surface area contributed by atoms with Gasteiger partial charge in [0.1, 0.15) is 4.21 Å². The highest BCUT2D eigenvalue weighted by molar-refractivity contribution is 8.15. The molecular formula is C10H8ClNO3S2. The van der Waals surface area contributed by atoms with Crippen LogP contribution in [0.15, 0.2) is 34.7 Å². The van der Waals surface area contributed by atoms with Gasteiger partial charge in [0.15, 0.2) is 0 Å². The summed E-state index contributed by atoms with van der Waals surface area (Å²) in [4.78, 5) is 4.84. The fourth-order valence-electron chi connectivity index (χ4n) is 1.25. The number of ether oxygens (including phenoxy) is 1. The fourth-order valence-corrected chi connectivity index (χ4v) is 3.32. The average molecular weight is 290 g/mol. The summed E-state index contributed by atoms with van der Waals surface area (Å²) in [7, 11) is 3.13. The van der Waals surface area contributed by atoms with Gasteiger partial charge in [0.2, 0.25) is 5.88 Å². The maximum absolute atomic E-state index is 11.1. The van der Waals surface area contributed by atoms with Crippen LogP contribution in [0.25, 0.3) is 10.4 Å². The van der Waals surface area contributed by atoms with Gasteiger partial charge in [-0.1, -0.05) is 0 Å². The van der Waals surface area contributed by atoms with Crippen molar-refractivity contribution in [3.8, 4) is 16.3 Å². The van der Waals surface area contributed by atoms with E-state index in [1.807, 2.05) is 6.07 Å². The third kappa shape index (κ3) is 2.77. The van der Waals surface area contributed by atoms with E-state index in [4.69, 9.17) is 15.4 Å². The van der Waals surface area contributed by atoms with Crippen LogP contribution in [0, 0.1) is 0 Å². The highest BCUT2D eigenvalue weighted by atomic mass is 35.7. The molecule has 0 fully saturated rings. The summed E-state index contributed by atoms with van der Waals surface area (Å²) in [6.45, 7) is 0. The molecule has 4 nitrogen and oxygen atoms in total. The average Bonchev–Trinajstić information content (AvgIpc) is 2.78. The molecule has 2 aromatic rings. The summed E-state index contributed by atoms with van der Waals surface area (Å²) >= 11 is 1.11. The second-order valence-corrected chi connectivity index (χ2v) is 7.02. The number of aromatic nitrogens is 1. The summed E-state index contributed by atoms with van der Waals surface area (Å²) in [5.74, 6) is 0.510. The van der Waals surface area contributed by atoms with Crippen LogP contribution in [-0.2, 0) is 9.05 Å². The minimum Gasteiger partial charge on any atom is -0.481 e. The summed E-state index contributed by atoms with van der Waals surface area (Å²) in [5.41, 5.74) is 0.822. The molecule has 0 amide bonds. The lowest BCUT2D eigenvalue weighted by molar-refractivity contribution is 0.398. The van der Waals surface area contributed by atoms with Crippen LogP contribution < -0.4 is 4.74 Å². The van der Waals surface area contributed by atoms with E-state index in [0.717, 1.165) is 21.8 Å². The van der Waals surface area contributed by atoms with Crippen molar-refractivity contribution >= 4 is 31.1 Å². The van der Waals surface area contributed by atoms with Gasteiger partial charge in [-0.2, -0.15) is 0 Å². The molecule has 0 saturated heterocycles. The van der Waals surface area contributed by atoms with E-state index in [-0.39, 0.29) is 4.21 Å². The molecular weight excluding hydrogens is 282 g/mol. The van der Waals surface area contributed by atoms with Crippen LogP contribution in [0.4, 0.5) is 0 Å². The number of thiophene rings is 1. The zero-order valence-electron chi connectivity index (χ0n) is 8.75. The predicted octanol–water partition coefficient (Wildman–Crippen LogP) is 2.75. The Morgan fingerprint density at radius 1 is 1.29 bits per heavy atom. The molecule has 0 N–H and O–H groups in total. The molecule has 0 spiro atoms. The maximum Gasteiger partial charge on any atom is 0.270 e. The summed E-state index contributed by atoms with van der Waals surface area (Å²) < 4.78 is 27.3. The smallest absolute Gasteiger partial charge is 0.270 e. The van der Waals surface area contributed by atoms with Crippen molar-refractivity contribution in [1.29, 1.82) is 0 Å². The minimum absolute atomic E-state index is 0.130. The molecule has 2 aromatic heterocycles. The van der Waals surface area contributed by atoms with Crippen LogP contribution in [0.3, 0.4) is 0 Å². The quantitative estimate of drug-likeness (QED) is 0.815. The van der Waals surface area contributed by atoms with E-state index < -0.39 is 9.05 Å². The van der Waals surface area contributed by atoms with Crippen LogP contribution in [0.5, 0.6) is 5.88 Å². The fraction of sp³-hybridized carbons (Fsp3) is 0.100. The number of nitrogens with zero attached hydrogens (tertiary/aromatic N) is 1. The van der Waals surface area contributed by atoms with Crippen molar-refractivity contribution in [2.75, 3.05) is 7.11 Å². The van der Waals surface area contributed by atoms with Gasteiger partial charge in [0.25, 0.3) is 9.05 Å². The first kappa shape index (κ1) is 12.3. The Morgan fingerprint density at radius 2 is 2.06 bits per heavy atom. The summed E-state index contributed by atoms with van der Waals surface area (Å²) in [6.07, 6.45) is 1.62. The van der Waals surface area contributed by atoms with Gasteiger partial charge in [0, 0.05) is 33.4 Å². The Morgan fingerprint density at radius 3 is 2.53 bits per heavy atom. The summed E-state index contributed by atoms with van der Waals surface area (Å²) in [6, 6.07) is 6.70. The number of halogens is 1. The molecule has 2 rings (SSSR count). The highest BCUT2D eigenvalue weighted by Crippen LogP contribution is 2.32. The van der Waals surface area contributed by atoms with Gasteiger partial charge in [-0.05, 0) is 18.2 Å². The molecule has 0 aliphatic carbocycles. The van der Waals surface area contributed by atoms with E-state index in [1.165, 1.54) is 13.2 Å². The Bertz CT molecular complexity index is 619. The first-order valence-electron chi connectivity index (χ1n) is 4.55. The van der Waals surface area contributed by atoms with E-state index in [1.54, 1.807) is 18.3 Å². The monoisotopic (exact) mass is 289 g/mol. The molecule has 90 valence electrons. The Kier molecular flexibility index (Phi) is 3.37. The Balaban J connectivity index is 2.37. The molecule has 0 aliphatic rings. The predicted molar refractivity (Wildman–Crippen MR) is 67.1 cm³/mol. The SMILES string of the molecule is COc1ccc(-c2ccc(S(=O)(=O)Cl)s2)cn1. The van der Waals surface area contributed by atoms with E-state index >= 15 is 0 Å². The zero-order chi connectivity index (χ0) is 12.5. The molecule has 0 aliphatic heterocycles. The number of pyridine rings is 1. The van der Waals surface area contributed by atoms with E-state index in [0.29, 0.717) is 5.88 Å². The highest BCUT2D eigenvalue weighted by Gasteiger charge is 2.13. The molecule has 0 atom stereocenters. The van der Waals surface area contributed by atoms with Crippen molar-refractivity contribution < 1.29 is 13.2 Å². The number of hydrogen-bond acceptors (Lipinski definition) is 5. The minimum atomic E-state index is -3.66. The van der Waals surface area contributed by atoms with Crippen LogP contribution >= 0.6 is 22.0 Å². The Hall–Kier alpha value is -1.11. The molecule has 7 heteroatoms. The molecule has 0 aromatic carbocycles. The van der Waals surface area contributed by atoms with Gasteiger partial charge in [0.05, 0.1) is 7.11 Å². The van der Waals surface area contributed by atoms with Gasteiger partial charge < -0.3 is 4.74 Å². The molecule has 0 unspecified atom stereocenters. The molecule has 2 heterocycles. The Labute approximate surface area is 107 Å². The number of rotatable bonds is 3. The number of methoxy groups -OCH3 is 1. The lowest BCUT2D eigenvalue weighted by Crippen LogP contribution is -1.86. The van der Waals surface area contributed by atoms with Gasteiger partial charge in [-0.25, -0.2) is 13.4 Å².